The van der Waals surface area contributed by atoms with E-state index in [2.05, 4.69) is 19.9 Å². The minimum atomic E-state index is -0.455. The van der Waals surface area contributed by atoms with Gasteiger partial charge in [-0.2, -0.15) is 0 Å². The number of nitrogens with zero attached hydrogens (tertiary/aromatic N) is 5. The Bertz CT molecular complexity index is 852. The van der Waals surface area contributed by atoms with Gasteiger partial charge >= 0.3 is 5.69 Å². The van der Waals surface area contributed by atoms with Crippen molar-refractivity contribution in [2.75, 3.05) is 25.2 Å². The molecule has 9 heteroatoms. The normalized spacial score (nSPS) is 10.9. The van der Waals surface area contributed by atoms with Gasteiger partial charge in [-0.15, -0.1) is 0 Å². The topological polar surface area (TPSA) is 107 Å². The van der Waals surface area contributed by atoms with E-state index in [1.807, 2.05) is 23.1 Å². The van der Waals surface area contributed by atoms with Crippen molar-refractivity contribution < 1.29 is 14.3 Å². The molecule has 0 aliphatic heterocycles. The Morgan fingerprint density at radius 3 is 2.88 bits per heavy atom. The molecular formula is C16H17N5O4. The molecule has 0 fully saturated rings. The zero-order chi connectivity index (χ0) is 17.6. The summed E-state index contributed by atoms with van der Waals surface area (Å²) in [7, 11) is 1.62. The molecule has 2 heterocycles. The van der Waals surface area contributed by atoms with Gasteiger partial charge in [0.15, 0.2) is 0 Å². The number of hydrogen-bond donors (Lipinski definition) is 0. The number of ether oxygens (including phenoxy) is 1. The predicted octanol–water partition coefficient (Wildman–Crippen LogP) is 2.57. The number of fused-ring (bicyclic) bond motifs is 1. The predicted molar refractivity (Wildman–Crippen MR) is 90.2 cm³/mol. The van der Waals surface area contributed by atoms with Crippen molar-refractivity contribution in [1.82, 2.24) is 15.3 Å². The largest absolute Gasteiger partial charge is 0.385 e. The summed E-state index contributed by atoms with van der Waals surface area (Å²) in [5, 5.41) is 19.0. The van der Waals surface area contributed by atoms with Crippen LogP contribution >= 0.6 is 0 Å². The molecule has 3 aromatic rings. The molecule has 0 N–H and O–H groups in total. The van der Waals surface area contributed by atoms with E-state index in [0.717, 1.165) is 12.1 Å². The lowest BCUT2D eigenvalue weighted by Crippen LogP contribution is -2.26. The summed E-state index contributed by atoms with van der Waals surface area (Å²) < 4.78 is 9.75. The second kappa shape index (κ2) is 7.67. The first-order valence-corrected chi connectivity index (χ1v) is 7.74. The number of pyridine rings is 1. The maximum absolute atomic E-state index is 11.6. The Balaban J connectivity index is 2.00. The van der Waals surface area contributed by atoms with E-state index in [-0.39, 0.29) is 11.2 Å². The third-order valence-electron chi connectivity index (χ3n) is 3.76. The monoisotopic (exact) mass is 343 g/mol. The lowest BCUT2D eigenvalue weighted by atomic mass is 10.2. The first-order chi connectivity index (χ1) is 12.2. The fraction of sp³-hybridized carbons (Fsp3) is 0.312. The summed E-state index contributed by atoms with van der Waals surface area (Å²) in [4.78, 5) is 17.4. The van der Waals surface area contributed by atoms with Crippen LogP contribution in [0.2, 0.25) is 0 Å². The van der Waals surface area contributed by atoms with Gasteiger partial charge in [-0.1, -0.05) is 6.07 Å². The van der Waals surface area contributed by atoms with Crippen LogP contribution in [0.3, 0.4) is 0 Å². The third-order valence-corrected chi connectivity index (χ3v) is 3.76. The van der Waals surface area contributed by atoms with Gasteiger partial charge in [-0.05, 0) is 41.0 Å². The molecule has 0 atom stereocenters. The van der Waals surface area contributed by atoms with Crippen molar-refractivity contribution in [2.45, 2.75) is 13.0 Å². The van der Waals surface area contributed by atoms with Crippen LogP contribution in [-0.2, 0) is 11.3 Å². The summed E-state index contributed by atoms with van der Waals surface area (Å²) >= 11 is 0. The Morgan fingerprint density at radius 2 is 2.16 bits per heavy atom. The highest BCUT2D eigenvalue weighted by Gasteiger charge is 2.26. The van der Waals surface area contributed by atoms with E-state index in [0.29, 0.717) is 30.9 Å². The van der Waals surface area contributed by atoms with Crippen molar-refractivity contribution in [3.05, 3.63) is 52.3 Å². The van der Waals surface area contributed by atoms with Crippen LogP contribution in [0.1, 0.15) is 12.1 Å². The fourth-order valence-electron chi connectivity index (χ4n) is 2.63. The summed E-state index contributed by atoms with van der Waals surface area (Å²) in [5.74, 6) is 0. The molecule has 0 radical (unpaired) electrons. The maximum atomic E-state index is 11.6. The molecule has 0 saturated heterocycles. The smallest absolute Gasteiger partial charge is 0.323 e. The van der Waals surface area contributed by atoms with Crippen molar-refractivity contribution in [3.63, 3.8) is 0 Å². The van der Waals surface area contributed by atoms with Gasteiger partial charge < -0.3 is 9.64 Å². The molecule has 25 heavy (non-hydrogen) atoms. The highest BCUT2D eigenvalue weighted by atomic mass is 16.6. The molecule has 3 rings (SSSR count). The number of rotatable bonds is 8. The Labute approximate surface area is 143 Å². The molecular weight excluding hydrogens is 326 g/mol. The molecule has 0 saturated carbocycles. The summed E-state index contributed by atoms with van der Waals surface area (Å²) in [6.07, 6.45) is 2.41. The Kier molecular flexibility index (Phi) is 5.14. The average molecular weight is 343 g/mol. The van der Waals surface area contributed by atoms with E-state index >= 15 is 0 Å². The number of nitro benzene ring substituents is 1. The van der Waals surface area contributed by atoms with Crippen LogP contribution in [0.25, 0.3) is 11.0 Å². The number of aromatic nitrogens is 3. The molecule has 0 aliphatic rings. The van der Waals surface area contributed by atoms with E-state index in [9.17, 15) is 10.1 Å². The zero-order valence-electron chi connectivity index (χ0n) is 13.7. The number of anilines is 1. The van der Waals surface area contributed by atoms with E-state index in [1.54, 1.807) is 25.4 Å². The van der Waals surface area contributed by atoms with Gasteiger partial charge in [-0.3, -0.25) is 15.1 Å². The molecule has 0 bridgehead atoms. The Morgan fingerprint density at radius 1 is 1.28 bits per heavy atom. The molecule has 0 amide bonds. The molecule has 0 aliphatic carbocycles. The number of methoxy groups -OCH3 is 1. The fourth-order valence-corrected chi connectivity index (χ4v) is 2.63. The quantitative estimate of drug-likeness (QED) is 0.349. The van der Waals surface area contributed by atoms with Gasteiger partial charge in [0.05, 0.1) is 17.2 Å². The molecule has 0 spiro atoms. The second-order valence-electron chi connectivity index (χ2n) is 5.41. The molecule has 2 aromatic heterocycles. The SMILES string of the molecule is COCCCN(Cc1ccccn1)c1ccc2nonc2c1[N+](=O)[O-]. The van der Waals surface area contributed by atoms with Crippen molar-refractivity contribution in [3.8, 4) is 0 Å². The minimum Gasteiger partial charge on any atom is -0.385 e. The van der Waals surface area contributed by atoms with Crippen molar-refractivity contribution in [1.29, 1.82) is 0 Å². The highest BCUT2D eigenvalue weighted by molar-refractivity contribution is 5.91. The highest BCUT2D eigenvalue weighted by Crippen LogP contribution is 2.35. The lowest BCUT2D eigenvalue weighted by Gasteiger charge is -2.24. The van der Waals surface area contributed by atoms with Crippen LogP contribution < -0.4 is 4.90 Å². The standard InChI is InChI=1S/C16H17N5O4/c1-24-10-4-9-20(11-12-5-2-3-8-17-12)14-7-6-13-15(19-25-18-13)16(14)21(22)23/h2-3,5-8H,4,9-11H2,1H3. The first kappa shape index (κ1) is 16.8. The van der Waals surface area contributed by atoms with Crippen LogP contribution in [-0.4, -0.2) is 40.5 Å². The third kappa shape index (κ3) is 3.72. The van der Waals surface area contributed by atoms with Crippen molar-refractivity contribution in [2.24, 2.45) is 0 Å². The summed E-state index contributed by atoms with van der Waals surface area (Å²) in [5.41, 5.74) is 1.64. The van der Waals surface area contributed by atoms with E-state index < -0.39 is 4.92 Å². The lowest BCUT2D eigenvalue weighted by molar-refractivity contribution is -0.382. The van der Waals surface area contributed by atoms with Crippen LogP contribution in [0, 0.1) is 10.1 Å². The van der Waals surface area contributed by atoms with Crippen molar-refractivity contribution >= 4 is 22.4 Å². The zero-order valence-corrected chi connectivity index (χ0v) is 13.7. The Hall–Kier alpha value is -3.07. The van der Waals surface area contributed by atoms with Gasteiger partial charge in [0.1, 0.15) is 11.2 Å². The maximum Gasteiger partial charge on any atom is 0.323 e. The number of nitro groups is 1. The van der Waals surface area contributed by atoms with Crippen LogP contribution in [0.5, 0.6) is 0 Å². The van der Waals surface area contributed by atoms with Gasteiger partial charge in [0, 0.05) is 26.5 Å². The van der Waals surface area contributed by atoms with Gasteiger partial charge in [0.25, 0.3) is 0 Å². The molecule has 0 unspecified atom stereocenters. The number of benzene rings is 1. The molecule has 9 nitrogen and oxygen atoms in total. The van der Waals surface area contributed by atoms with E-state index in [1.165, 1.54) is 0 Å². The molecule has 130 valence electrons. The number of hydrogen-bond acceptors (Lipinski definition) is 8. The van der Waals surface area contributed by atoms with E-state index in [4.69, 9.17) is 4.74 Å². The minimum absolute atomic E-state index is 0.118. The van der Waals surface area contributed by atoms with Crippen LogP contribution in [0.15, 0.2) is 41.2 Å². The molecule has 1 aromatic carbocycles. The summed E-state index contributed by atoms with van der Waals surface area (Å²) in [6, 6.07) is 8.92. The van der Waals surface area contributed by atoms with Gasteiger partial charge in [0.2, 0.25) is 5.52 Å². The first-order valence-electron chi connectivity index (χ1n) is 7.74. The van der Waals surface area contributed by atoms with Gasteiger partial charge in [-0.25, -0.2) is 4.63 Å². The second-order valence-corrected chi connectivity index (χ2v) is 5.41. The average Bonchev–Trinajstić information content (AvgIpc) is 3.09. The summed E-state index contributed by atoms with van der Waals surface area (Å²) in [6.45, 7) is 1.56. The van der Waals surface area contributed by atoms with Crippen LogP contribution in [0.4, 0.5) is 11.4 Å².